The zero-order valence-corrected chi connectivity index (χ0v) is 9.95. The zero-order chi connectivity index (χ0) is 9.90. The van der Waals surface area contributed by atoms with Gasteiger partial charge < -0.3 is 0 Å². The van der Waals surface area contributed by atoms with E-state index in [0.717, 1.165) is 6.42 Å². The lowest BCUT2D eigenvalue weighted by Gasteiger charge is -2.25. The van der Waals surface area contributed by atoms with Crippen molar-refractivity contribution in [3.05, 3.63) is 23.8 Å². The van der Waals surface area contributed by atoms with Crippen molar-refractivity contribution >= 4 is 11.8 Å². The second kappa shape index (κ2) is 4.36. The van der Waals surface area contributed by atoms with E-state index in [1.54, 1.807) is 0 Å². The van der Waals surface area contributed by atoms with Gasteiger partial charge in [-0.1, -0.05) is 45.9 Å². The third kappa shape index (κ3) is 3.60. The summed E-state index contributed by atoms with van der Waals surface area (Å²) in [5.74, 6) is 0. The van der Waals surface area contributed by atoms with E-state index in [2.05, 4.69) is 57.7 Å². The molecule has 0 bridgehead atoms. The Balaban J connectivity index is 2.58. The van der Waals surface area contributed by atoms with Crippen LogP contribution in [-0.2, 0) is 0 Å². The smallest absolute Gasteiger partial charge is 0.0296 e. The highest BCUT2D eigenvalue weighted by Crippen LogP contribution is 2.35. The molecule has 0 nitrogen and oxygen atoms in total. The Kier molecular flexibility index (Phi) is 3.66. The van der Waals surface area contributed by atoms with Crippen molar-refractivity contribution in [2.24, 2.45) is 0 Å². The van der Waals surface area contributed by atoms with Crippen LogP contribution in [0.2, 0.25) is 0 Å². The van der Waals surface area contributed by atoms with Gasteiger partial charge in [0, 0.05) is 10.00 Å². The summed E-state index contributed by atoms with van der Waals surface area (Å²) in [5.41, 5.74) is 1.53. The van der Waals surface area contributed by atoms with Gasteiger partial charge >= 0.3 is 0 Å². The van der Waals surface area contributed by atoms with Crippen LogP contribution in [0.1, 0.15) is 40.5 Å². The molecule has 0 saturated heterocycles. The van der Waals surface area contributed by atoms with E-state index in [-0.39, 0.29) is 0 Å². The van der Waals surface area contributed by atoms with Crippen molar-refractivity contribution in [2.75, 3.05) is 0 Å². The summed E-state index contributed by atoms with van der Waals surface area (Å²) in [6.45, 7) is 9.15. The molecule has 0 saturated carbocycles. The van der Waals surface area contributed by atoms with Crippen molar-refractivity contribution in [1.29, 1.82) is 0 Å². The van der Waals surface area contributed by atoms with Gasteiger partial charge in [0.15, 0.2) is 0 Å². The summed E-state index contributed by atoms with van der Waals surface area (Å²) < 4.78 is 0.373. The minimum absolute atomic E-state index is 0.373. The molecule has 74 valence electrons. The summed E-state index contributed by atoms with van der Waals surface area (Å²) in [7, 11) is 0. The highest BCUT2D eigenvalue weighted by molar-refractivity contribution is 8.01. The topological polar surface area (TPSA) is 0 Å². The predicted molar refractivity (Wildman–Crippen MR) is 63.3 cm³/mol. The molecule has 0 N–H and O–H groups in total. The fraction of sp³-hybridized carbons (Fsp3) is 0.667. The molecular weight excluding hydrogens is 176 g/mol. The molecular formula is C12H20S. The lowest BCUT2D eigenvalue weighted by Crippen LogP contribution is -2.16. The first-order chi connectivity index (χ1) is 6.03. The van der Waals surface area contributed by atoms with Crippen LogP contribution in [-0.4, -0.2) is 10.00 Å². The maximum Gasteiger partial charge on any atom is 0.0296 e. The maximum absolute atomic E-state index is 2.35. The minimum Gasteiger partial charge on any atom is -0.148 e. The molecule has 0 aromatic carbocycles. The van der Waals surface area contributed by atoms with Crippen LogP contribution >= 0.6 is 11.8 Å². The molecule has 0 amide bonds. The number of rotatable bonds is 3. The molecule has 0 aromatic rings. The van der Waals surface area contributed by atoms with Crippen molar-refractivity contribution in [3.63, 3.8) is 0 Å². The standard InChI is InChI=1S/C12H20S/c1-5-11(13-12(2,3)4)10-8-6-7-9-10/h6,8-9,11H,5,7H2,1-4H3. The fourth-order valence-corrected chi connectivity index (χ4v) is 2.86. The van der Waals surface area contributed by atoms with Crippen molar-refractivity contribution < 1.29 is 0 Å². The molecule has 1 rings (SSSR count). The molecule has 0 fully saturated rings. The Morgan fingerprint density at radius 3 is 2.54 bits per heavy atom. The Morgan fingerprint density at radius 2 is 2.15 bits per heavy atom. The zero-order valence-electron chi connectivity index (χ0n) is 9.13. The van der Waals surface area contributed by atoms with Crippen LogP contribution < -0.4 is 0 Å². The van der Waals surface area contributed by atoms with Crippen molar-refractivity contribution in [2.45, 2.75) is 50.5 Å². The summed E-state index contributed by atoms with van der Waals surface area (Å²) >= 11 is 2.08. The van der Waals surface area contributed by atoms with Gasteiger partial charge in [0.1, 0.15) is 0 Å². The molecule has 13 heavy (non-hydrogen) atoms. The summed E-state index contributed by atoms with van der Waals surface area (Å²) in [6.07, 6.45) is 9.26. The van der Waals surface area contributed by atoms with Crippen LogP contribution in [0.4, 0.5) is 0 Å². The predicted octanol–water partition coefficient (Wildman–Crippen LogP) is 4.18. The Bertz CT molecular complexity index is 218. The highest BCUT2D eigenvalue weighted by Gasteiger charge is 2.20. The van der Waals surface area contributed by atoms with E-state index in [9.17, 15) is 0 Å². The number of allylic oxidation sites excluding steroid dienone is 3. The van der Waals surface area contributed by atoms with Gasteiger partial charge in [0.2, 0.25) is 0 Å². The third-order valence-corrected chi connectivity index (χ3v) is 3.64. The molecule has 0 radical (unpaired) electrons. The SMILES string of the molecule is CCC(SC(C)(C)C)C1=CCC=C1. The van der Waals surface area contributed by atoms with E-state index in [4.69, 9.17) is 0 Å². The number of hydrogen-bond donors (Lipinski definition) is 0. The van der Waals surface area contributed by atoms with Gasteiger partial charge in [0.05, 0.1) is 0 Å². The van der Waals surface area contributed by atoms with Crippen LogP contribution in [0.15, 0.2) is 23.8 Å². The van der Waals surface area contributed by atoms with Gasteiger partial charge in [0.25, 0.3) is 0 Å². The molecule has 0 aliphatic heterocycles. The van der Waals surface area contributed by atoms with E-state index in [1.807, 2.05) is 0 Å². The molecule has 0 heterocycles. The van der Waals surface area contributed by atoms with E-state index in [1.165, 1.54) is 12.0 Å². The fourth-order valence-electron chi connectivity index (χ4n) is 1.53. The summed E-state index contributed by atoms with van der Waals surface area (Å²) in [4.78, 5) is 0. The molecule has 1 aliphatic rings. The average Bonchev–Trinajstić information content (AvgIpc) is 2.50. The Morgan fingerprint density at radius 1 is 1.46 bits per heavy atom. The molecule has 1 heteroatoms. The quantitative estimate of drug-likeness (QED) is 0.652. The first-order valence-corrected chi connectivity index (χ1v) is 5.95. The third-order valence-electron chi connectivity index (χ3n) is 2.04. The molecule has 0 spiro atoms. The number of hydrogen-bond acceptors (Lipinski definition) is 1. The average molecular weight is 196 g/mol. The highest BCUT2D eigenvalue weighted by atomic mass is 32.2. The van der Waals surface area contributed by atoms with Gasteiger partial charge in [-0.25, -0.2) is 0 Å². The van der Waals surface area contributed by atoms with Gasteiger partial charge in [-0.15, -0.1) is 11.8 Å². The van der Waals surface area contributed by atoms with Crippen molar-refractivity contribution in [3.8, 4) is 0 Å². The van der Waals surface area contributed by atoms with Crippen LogP contribution in [0.25, 0.3) is 0 Å². The number of thioether (sulfide) groups is 1. The monoisotopic (exact) mass is 196 g/mol. The van der Waals surface area contributed by atoms with E-state index >= 15 is 0 Å². The first kappa shape index (κ1) is 10.9. The van der Waals surface area contributed by atoms with E-state index in [0.29, 0.717) is 10.00 Å². The second-order valence-corrected chi connectivity index (χ2v) is 6.50. The summed E-state index contributed by atoms with van der Waals surface area (Å²) in [6, 6.07) is 0. The van der Waals surface area contributed by atoms with Crippen molar-refractivity contribution in [1.82, 2.24) is 0 Å². The maximum atomic E-state index is 2.35. The van der Waals surface area contributed by atoms with Crippen LogP contribution in [0, 0.1) is 0 Å². The first-order valence-electron chi connectivity index (χ1n) is 5.07. The molecule has 1 aliphatic carbocycles. The largest absolute Gasteiger partial charge is 0.148 e. The molecule has 1 unspecified atom stereocenters. The minimum atomic E-state index is 0.373. The Hall–Kier alpha value is -0.170. The lowest BCUT2D eigenvalue weighted by molar-refractivity contribution is 0.788. The van der Waals surface area contributed by atoms with Crippen LogP contribution in [0.3, 0.4) is 0 Å². The van der Waals surface area contributed by atoms with Gasteiger partial charge in [-0.05, 0) is 18.4 Å². The lowest BCUT2D eigenvalue weighted by atomic mass is 10.1. The van der Waals surface area contributed by atoms with E-state index < -0.39 is 0 Å². The van der Waals surface area contributed by atoms with Gasteiger partial charge in [-0.3, -0.25) is 0 Å². The van der Waals surface area contributed by atoms with Crippen LogP contribution in [0.5, 0.6) is 0 Å². The molecule has 1 atom stereocenters. The Labute approximate surface area is 86.5 Å². The normalized spacial score (nSPS) is 18.9. The second-order valence-electron chi connectivity index (χ2n) is 4.47. The summed E-state index contributed by atoms with van der Waals surface area (Å²) in [5, 5.41) is 0.693. The van der Waals surface area contributed by atoms with Gasteiger partial charge in [-0.2, -0.15) is 0 Å². The molecule has 0 aromatic heterocycles.